The molecule has 2 aromatic carbocycles. The van der Waals surface area contributed by atoms with E-state index in [-0.39, 0.29) is 0 Å². The zero-order valence-electron chi connectivity index (χ0n) is 14.7. The Morgan fingerprint density at radius 2 is 1.73 bits per heavy atom. The van der Waals surface area contributed by atoms with Crippen LogP contribution in [0.5, 0.6) is 5.75 Å². The van der Waals surface area contributed by atoms with Gasteiger partial charge in [-0.3, -0.25) is 0 Å². The van der Waals surface area contributed by atoms with Crippen molar-refractivity contribution in [2.45, 2.75) is 37.6 Å². The molecule has 1 aliphatic rings. The lowest BCUT2D eigenvalue weighted by atomic mass is 9.99. The van der Waals surface area contributed by atoms with Gasteiger partial charge in [0.2, 0.25) is 5.89 Å². The second-order valence-corrected chi connectivity index (χ2v) is 6.84. The standard InChI is InChI=1S/C21H23N3O2/c22-21(13-6-7-14-21)20-23-19(26-24-20)12-15-25-18-11-5-4-10-17(18)16-8-2-1-3-9-16/h1-5,8-11H,6-7,12-15,22H2. The van der Waals surface area contributed by atoms with Crippen LogP contribution < -0.4 is 10.5 Å². The van der Waals surface area contributed by atoms with Gasteiger partial charge >= 0.3 is 0 Å². The fourth-order valence-corrected chi connectivity index (χ4v) is 3.49. The van der Waals surface area contributed by atoms with E-state index in [0.29, 0.717) is 24.7 Å². The largest absolute Gasteiger partial charge is 0.492 e. The highest BCUT2D eigenvalue weighted by Gasteiger charge is 2.35. The molecule has 1 heterocycles. The summed E-state index contributed by atoms with van der Waals surface area (Å²) in [6, 6.07) is 18.3. The summed E-state index contributed by atoms with van der Waals surface area (Å²) < 4.78 is 11.4. The number of nitrogens with two attached hydrogens (primary N) is 1. The molecule has 5 heteroatoms. The Bertz CT molecular complexity index is 854. The van der Waals surface area contributed by atoms with E-state index in [1.807, 2.05) is 36.4 Å². The van der Waals surface area contributed by atoms with Crippen molar-refractivity contribution in [2.75, 3.05) is 6.61 Å². The van der Waals surface area contributed by atoms with Crippen molar-refractivity contribution in [1.29, 1.82) is 0 Å². The van der Waals surface area contributed by atoms with E-state index in [1.54, 1.807) is 0 Å². The Labute approximate surface area is 153 Å². The summed E-state index contributed by atoms with van der Waals surface area (Å²) in [5.74, 6) is 2.06. The molecular formula is C21H23N3O2. The summed E-state index contributed by atoms with van der Waals surface area (Å²) in [4.78, 5) is 4.49. The molecule has 0 saturated heterocycles. The van der Waals surface area contributed by atoms with Gasteiger partial charge in [-0.15, -0.1) is 0 Å². The molecule has 1 aliphatic carbocycles. The number of hydrogen-bond donors (Lipinski definition) is 1. The Balaban J connectivity index is 1.41. The van der Waals surface area contributed by atoms with Gasteiger partial charge in [-0.25, -0.2) is 0 Å². The van der Waals surface area contributed by atoms with Crippen molar-refractivity contribution < 1.29 is 9.26 Å². The summed E-state index contributed by atoms with van der Waals surface area (Å²) >= 11 is 0. The van der Waals surface area contributed by atoms with Crippen LogP contribution in [0.3, 0.4) is 0 Å². The summed E-state index contributed by atoms with van der Waals surface area (Å²) in [5, 5.41) is 4.09. The van der Waals surface area contributed by atoms with E-state index in [4.69, 9.17) is 15.0 Å². The van der Waals surface area contributed by atoms with E-state index < -0.39 is 5.54 Å². The number of nitrogens with zero attached hydrogens (tertiary/aromatic N) is 2. The molecule has 0 radical (unpaired) electrons. The first-order valence-corrected chi connectivity index (χ1v) is 9.14. The predicted molar refractivity (Wildman–Crippen MR) is 99.7 cm³/mol. The van der Waals surface area contributed by atoms with Gasteiger partial charge in [0.25, 0.3) is 0 Å². The van der Waals surface area contributed by atoms with E-state index >= 15 is 0 Å². The molecule has 0 aliphatic heterocycles. The second-order valence-electron chi connectivity index (χ2n) is 6.84. The second kappa shape index (κ2) is 7.30. The highest BCUT2D eigenvalue weighted by atomic mass is 16.5. The van der Waals surface area contributed by atoms with Crippen molar-refractivity contribution in [3.63, 3.8) is 0 Å². The summed E-state index contributed by atoms with van der Waals surface area (Å²) in [5.41, 5.74) is 8.18. The van der Waals surface area contributed by atoms with Crippen molar-refractivity contribution >= 4 is 0 Å². The monoisotopic (exact) mass is 349 g/mol. The van der Waals surface area contributed by atoms with Gasteiger partial charge in [-0.1, -0.05) is 66.5 Å². The van der Waals surface area contributed by atoms with Crippen LogP contribution in [0.25, 0.3) is 11.1 Å². The highest BCUT2D eigenvalue weighted by molar-refractivity contribution is 5.70. The number of aromatic nitrogens is 2. The first kappa shape index (κ1) is 16.8. The molecule has 0 amide bonds. The maximum Gasteiger partial charge on any atom is 0.230 e. The van der Waals surface area contributed by atoms with Crippen LogP contribution in [0, 0.1) is 0 Å². The van der Waals surface area contributed by atoms with Crippen LogP contribution in [-0.2, 0) is 12.0 Å². The first-order chi connectivity index (χ1) is 12.7. The highest BCUT2D eigenvalue weighted by Crippen LogP contribution is 2.34. The smallest absolute Gasteiger partial charge is 0.230 e. The third-order valence-corrected chi connectivity index (χ3v) is 4.95. The Morgan fingerprint density at radius 3 is 2.54 bits per heavy atom. The van der Waals surface area contributed by atoms with E-state index in [9.17, 15) is 0 Å². The summed E-state index contributed by atoms with van der Waals surface area (Å²) in [6.45, 7) is 0.475. The van der Waals surface area contributed by atoms with E-state index in [1.165, 1.54) is 0 Å². The van der Waals surface area contributed by atoms with Gasteiger partial charge in [0, 0.05) is 5.56 Å². The molecular weight excluding hydrogens is 326 g/mol. The van der Waals surface area contributed by atoms with Crippen LogP contribution in [-0.4, -0.2) is 16.7 Å². The third-order valence-electron chi connectivity index (χ3n) is 4.95. The van der Waals surface area contributed by atoms with Gasteiger partial charge in [0.1, 0.15) is 5.75 Å². The molecule has 2 N–H and O–H groups in total. The van der Waals surface area contributed by atoms with Crippen LogP contribution in [0.1, 0.15) is 37.4 Å². The Hall–Kier alpha value is -2.66. The molecule has 1 fully saturated rings. The number of para-hydroxylation sites is 1. The zero-order chi connectivity index (χ0) is 17.8. The third kappa shape index (κ3) is 3.48. The molecule has 0 bridgehead atoms. The van der Waals surface area contributed by atoms with Crippen LogP contribution in [0.15, 0.2) is 59.1 Å². The molecule has 134 valence electrons. The molecule has 3 aromatic rings. The zero-order valence-corrected chi connectivity index (χ0v) is 14.7. The molecule has 26 heavy (non-hydrogen) atoms. The minimum Gasteiger partial charge on any atom is -0.492 e. The normalized spacial score (nSPS) is 15.9. The Morgan fingerprint density at radius 1 is 1.00 bits per heavy atom. The quantitative estimate of drug-likeness (QED) is 0.725. The van der Waals surface area contributed by atoms with Crippen molar-refractivity contribution in [2.24, 2.45) is 5.73 Å². The molecule has 1 aromatic heterocycles. The lowest BCUT2D eigenvalue weighted by Crippen LogP contribution is -2.34. The number of ether oxygens (including phenoxy) is 1. The SMILES string of the molecule is NC1(c2noc(CCOc3ccccc3-c3ccccc3)n2)CCCC1. The summed E-state index contributed by atoms with van der Waals surface area (Å²) in [6.07, 6.45) is 4.66. The number of hydrogen-bond acceptors (Lipinski definition) is 5. The topological polar surface area (TPSA) is 74.2 Å². The maximum atomic E-state index is 6.38. The molecule has 0 spiro atoms. The van der Waals surface area contributed by atoms with Crippen molar-refractivity contribution in [3.8, 4) is 16.9 Å². The van der Waals surface area contributed by atoms with Gasteiger partial charge in [-0.2, -0.15) is 4.98 Å². The molecule has 5 nitrogen and oxygen atoms in total. The Kier molecular flexibility index (Phi) is 4.71. The average Bonchev–Trinajstić information content (AvgIpc) is 3.33. The van der Waals surface area contributed by atoms with Gasteiger partial charge in [-0.05, 0) is 24.5 Å². The lowest BCUT2D eigenvalue weighted by Gasteiger charge is -2.17. The van der Waals surface area contributed by atoms with Crippen LogP contribution in [0.2, 0.25) is 0 Å². The molecule has 1 saturated carbocycles. The number of rotatable bonds is 6. The molecule has 4 rings (SSSR count). The molecule has 0 atom stereocenters. The van der Waals surface area contributed by atoms with Crippen LogP contribution >= 0.6 is 0 Å². The van der Waals surface area contributed by atoms with Crippen molar-refractivity contribution in [3.05, 3.63) is 66.3 Å². The first-order valence-electron chi connectivity index (χ1n) is 9.14. The average molecular weight is 349 g/mol. The number of benzene rings is 2. The fourth-order valence-electron chi connectivity index (χ4n) is 3.49. The summed E-state index contributed by atoms with van der Waals surface area (Å²) in [7, 11) is 0. The van der Waals surface area contributed by atoms with Gasteiger partial charge < -0.3 is 15.0 Å². The minimum atomic E-state index is -0.414. The van der Waals surface area contributed by atoms with E-state index in [0.717, 1.165) is 42.6 Å². The van der Waals surface area contributed by atoms with Crippen LogP contribution in [0.4, 0.5) is 0 Å². The fraction of sp³-hybridized carbons (Fsp3) is 0.333. The predicted octanol–water partition coefficient (Wildman–Crippen LogP) is 4.09. The van der Waals surface area contributed by atoms with Gasteiger partial charge in [0.05, 0.1) is 18.6 Å². The molecule has 0 unspecified atom stereocenters. The minimum absolute atomic E-state index is 0.414. The van der Waals surface area contributed by atoms with E-state index in [2.05, 4.69) is 28.3 Å². The maximum absolute atomic E-state index is 6.38. The van der Waals surface area contributed by atoms with Crippen molar-refractivity contribution in [1.82, 2.24) is 10.1 Å². The lowest BCUT2D eigenvalue weighted by molar-refractivity contribution is 0.290. The van der Waals surface area contributed by atoms with Gasteiger partial charge in [0.15, 0.2) is 5.82 Å².